The van der Waals surface area contributed by atoms with Crippen LogP contribution in [0.4, 0.5) is 5.69 Å². The van der Waals surface area contributed by atoms with E-state index in [1.165, 1.54) is 6.08 Å². The summed E-state index contributed by atoms with van der Waals surface area (Å²) >= 11 is 0. The largest absolute Gasteiger partial charge is 0.352 e. The summed E-state index contributed by atoms with van der Waals surface area (Å²) in [6.07, 6.45) is 5.24. The first-order valence-electron chi connectivity index (χ1n) is 9.25. The van der Waals surface area contributed by atoms with E-state index in [9.17, 15) is 9.59 Å². The number of anilines is 1. The number of carbonyl (C=O) groups excluding carboxylic acids is 2. The van der Waals surface area contributed by atoms with Crippen LogP contribution in [0.1, 0.15) is 48.1 Å². The molecule has 27 heavy (non-hydrogen) atoms. The van der Waals surface area contributed by atoms with E-state index >= 15 is 0 Å². The summed E-state index contributed by atoms with van der Waals surface area (Å²) < 4.78 is 2.00. The number of hydrogen-bond donors (Lipinski definition) is 1. The van der Waals surface area contributed by atoms with E-state index in [2.05, 4.69) is 35.9 Å². The molecule has 2 amide bonds. The highest BCUT2D eigenvalue weighted by atomic mass is 16.2. The third kappa shape index (κ3) is 3.92. The van der Waals surface area contributed by atoms with Gasteiger partial charge in [-0.1, -0.05) is 12.6 Å². The van der Waals surface area contributed by atoms with Crippen LogP contribution in [0.25, 0.3) is 0 Å². The molecule has 0 atom stereocenters. The number of hydrogen-bond acceptors (Lipinski definition) is 4. The molecule has 0 saturated heterocycles. The van der Waals surface area contributed by atoms with Crippen LogP contribution in [0.2, 0.25) is 0 Å². The first kappa shape index (κ1) is 18.8. The second-order valence-electron chi connectivity index (χ2n) is 6.85. The minimum absolute atomic E-state index is 0.129. The number of nitrogens with zero attached hydrogens (tertiary/aromatic N) is 4. The highest BCUT2D eigenvalue weighted by Crippen LogP contribution is 2.30. The molecular formula is C20H25N5O2. The van der Waals surface area contributed by atoms with Crippen molar-refractivity contribution in [1.29, 1.82) is 0 Å². The maximum atomic E-state index is 12.7. The molecule has 0 aliphatic carbocycles. The smallest absolute Gasteiger partial charge is 0.251 e. The molecular weight excluding hydrogens is 342 g/mol. The number of amides is 2. The zero-order valence-electron chi connectivity index (χ0n) is 15.8. The maximum absolute atomic E-state index is 12.7. The van der Waals surface area contributed by atoms with Gasteiger partial charge in [-0.3, -0.25) is 9.59 Å². The highest BCUT2D eigenvalue weighted by Gasteiger charge is 2.24. The first-order chi connectivity index (χ1) is 13.0. The second-order valence-corrected chi connectivity index (χ2v) is 6.85. The predicted octanol–water partition coefficient (Wildman–Crippen LogP) is 2.30. The van der Waals surface area contributed by atoms with Gasteiger partial charge in [0.15, 0.2) is 0 Å². The summed E-state index contributed by atoms with van der Waals surface area (Å²) in [6.45, 7) is 8.82. The molecule has 1 aliphatic heterocycles. The summed E-state index contributed by atoms with van der Waals surface area (Å²) in [5.41, 5.74) is 2.35. The zero-order chi connectivity index (χ0) is 19.4. The lowest BCUT2D eigenvalue weighted by Crippen LogP contribution is -2.35. The van der Waals surface area contributed by atoms with E-state index in [1.54, 1.807) is 11.2 Å². The monoisotopic (exact) mass is 367 g/mol. The van der Waals surface area contributed by atoms with E-state index in [0.717, 1.165) is 29.9 Å². The van der Waals surface area contributed by atoms with Gasteiger partial charge in [-0.05, 0) is 50.5 Å². The molecule has 1 aromatic carbocycles. The lowest BCUT2D eigenvalue weighted by Gasteiger charge is -2.29. The Morgan fingerprint density at radius 2 is 2.19 bits per heavy atom. The fraction of sp³-hybridized carbons (Fsp3) is 0.400. The Bertz CT molecular complexity index is 856. The Hall–Kier alpha value is -2.96. The molecule has 3 rings (SSSR count). The number of aromatic nitrogens is 3. The lowest BCUT2D eigenvalue weighted by atomic mass is 9.95. The standard InChI is InChI=1S/C20H25N5O2/c1-4-19(26)24-12-6-8-15-16(7-5-9-17(15)24)20(27)21-11-10-18-23-22-13-25(18)14(2)3/h4-5,7,9,13-14H,1,6,8,10-12H2,2-3H3,(H,21,27). The minimum atomic E-state index is -0.137. The first-order valence-corrected chi connectivity index (χ1v) is 9.25. The van der Waals surface area contributed by atoms with Crippen molar-refractivity contribution in [3.8, 4) is 0 Å². The van der Waals surface area contributed by atoms with E-state index in [4.69, 9.17) is 0 Å². The van der Waals surface area contributed by atoms with Crippen molar-refractivity contribution in [3.05, 3.63) is 54.1 Å². The lowest BCUT2D eigenvalue weighted by molar-refractivity contribution is -0.114. The molecule has 2 heterocycles. The van der Waals surface area contributed by atoms with Crippen LogP contribution < -0.4 is 10.2 Å². The summed E-state index contributed by atoms with van der Waals surface area (Å²) in [5.74, 6) is 0.583. The van der Waals surface area contributed by atoms with Crippen molar-refractivity contribution < 1.29 is 9.59 Å². The zero-order valence-corrected chi connectivity index (χ0v) is 15.8. The molecule has 0 bridgehead atoms. The van der Waals surface area contributed by atoms with Crippen LogP contribution in [0.5, 0.6) is 0 Å². The molecule has 7 heteroatoms. The molecule has 0 radical (unpaired) electrons. The molecule has 0 saturated carbocycles. The van der Waals surface area contributed by atoms with Crippen LogP contribution in [-0.4, -0.2) is 39.7 Å². The van der Waals surface area contributed by atoms with Crippen LogP contribution in [0, 0.1) is 0 Å². The Balaban J connectivity index is 1.71. The van der Waals surface area contributed by atoms with Gasteiger partial charge in [-0.25, -0.2) is 0 Å². The molecule has 0 fully saturated rings. The van der Waals surface area contributed by atoms with Crippen molar-refractivity contribution in [2.45, 2.75) is 39.2 Å². The van der Waals surface area contributed by atoms with Gasteiger partial charge < -0.3 is 14.8 Å². The van der Waals surface area contributed by atoms with Crippen molar-refractivity contribution in [1.82, 2.24) is 20.1 Å². The van der Waals surface area contributed by atoms with Crippen molar-refractivity contribution >= 4 is 17.5 Å². The van der Waals surface area contributed by atoms with Gasteiger partial charge in [-0.15, -0.1) is 10.2 Å². The van der Waals surface area contributed by atoms with E-state index < -0.39 is 0 Å². The summed E-state index contributed by atoms with van der Waals surface area (Å²) in [6, 6.07) is 5.79. The fourth-order valence-corrected chi connectivity index (χ4v) is 3.44. The Morgan fingerprint density at radius 3 is 2.93 bits per heavy atom. The Kier molecular flexibility index (Phi) is 5.69. The maximum Gasteiger partial charge on any atom is 0.251 e. The highest BCUT2D eigenvalue weighted by molar-refractivity contribution is 6.04. The van der Waals surface area contributed by atoms with Crippen LogP contribution in [0.15, 0.2) is 37.2 Å². The van der Waals surface area contributed by atoms with E-state index in [1.807, 2.05) is 22.8 Å². The number of rotatable bonds is 6. The number of carbonyl (C=O) groups is 2. The number of fused-ring (bicyclic) bond motifs is 1. The molecule has 1 aromatic heterocycles. The number of nitrogens with one attached hydrogen (secondary N) is 1. The SMILES string of the molecule is C=CC(=O)N1CCCc2c(C(=O)NCCc3nncn3C(C)C)cccc21. The average molecular weight is 367 g/mol. The molecule has 1 N–H and O–H groups in total. The molecule has 0 unspecified atom stereocenters. The molecule has 7 nitrogen and oxygen atoms in total. The molecule has 1 aliphatic rings. The Labute approximate surface area is 159 Å². The predicted molar refractivity (Wildman–Crippen MR) is 104 cm³/mol. The molecule has 142 valence electrons. The van der Waals surface area contributed by atoms with Gasteiger partial charge >= 0.3 is 0 Å². The average Bonchev–Trinajstić information content (AvgIpc) is 3.15. The summed E-state index contributed by atoms with van der Waals surface area (Å²) in [5, 5.41) is 11.0. The Morgan fingerprint density at radius 1 is 1.37 bits per heavy atom. The molecule has 0 spiro atoms. The van der Waals surface area contributed by atoms with Gasteiger partial charge in [0.1, 0.15) is 12.2 Å². The van der Waals surface area contributed by atoms with Gasteiger partial charge in [0.2, 0.25) is 5.91 Å². The van der Waals surface area contributed by atoms with Crippen LogP contribution in [-0.2, 0) is 17.6 Å². The third-order valence-corrected chi connectivity index (χ3v) is 4.77. The van der Waals surface area contributed by atoms with E-state index in [0.29, 0.717) is 25.1 Å². The second kappa shape index (κ2) is 8.16. The van der Waals surface area contributed by atoms with Crippen molar-refractivity contribution in [2.75, 3.05) is 18.0 Å². The summed E-state index contributed by atoms with van der Waals surface area (Å²) in [4.78, 5) is 26.5. The topological polar surface area (TPSA) is 80.1 Å². The minimum Gasteiger partial charge on any atom is -0.352 e. The fourth-order valence-electron chi connectivity index (χ4n) is 3.44. The summed E-state index contributed by atoms with van der Waals surface area (Å²) in [7, 11) is 0. The normalized spacial score (nSPS) is 13.4. The molecule has 2 aromatic rings. The van der Waals surface area contributed by atoms with Crippen LogP contribution >= 0.6 is 0 Å². The van der Waals surface area contributed by atoms with Gasteiger partial charge in [0.05, 0.1) is 0 Å². The van der Waals surface area contributed by atoms with Crippen molar-refractivity contribution in [3.63, 3.8) is 0 Å². The van der Waals surface area contributed by atoms with Gasteiger partial charge in [0, 0.05) is 36.8 Å². The third-order valence-electron chi connectivity index (χ3n) is 4.77. The van der Waals surface area contributed by atoms with Crippen LogP contribution in [0.3, 0.4) is 0 Å². The number of benzene rings is 1. The quantitative estimate of drug-likeness (QED) is 0.795. The van der Waals surface area contributed by atoms with Gasteiger partial charge in [-0.2, -0.15) is 0 Å². The van der Waals surface area contributed by atoms with Gasteiger partial charge in [0.25, 0.3) is 5.91 Å². The van der Waals surface area contributed by atoms with Crippen molar-refractivity contribution in [2.24, 2.45) is 0 Å². The van der Waals surface area contributed by atoms with E-state index in [-0.39, 0.29) is 17.9 Å².